The molecule has 28 heavy (non-hydrogen) atoms. The highest BCUT2D eigenvalue weighted by Gasteiger charge is 2.17. The summed E-state index contributed by atoms with van der Waals surface area (Å²) in [5.74, 6) is 0. The van der Waals surface area contributed by atoms with Gasteiger partial charge in [0.1, 0.15) is 0 Å². The van der Waals surface area contributed by atoms with Crippen molar-refractivity contribution in [2.45, 2.75) is 27.3 Å². The number of pyridine rings is 1. The van der Waals surface area contributed by atoms with Crippen LogP contribution in [0.25, 0.3) is 22.2 Å². The van der Waals surface area contributed by atoms with E-state index in [1.165, 1.54) is 22.2 Å². The quantitative estimate of drug-likeness (QED) is 0.330. The second kappa shape index (κ2) is 8.16. The van der Waals surface area contributed by atoms with Crippen molar-refractivity contribution in [3.8, 4) is 11.3 Å². The zero-order valence-electron chi connectivity index (χ0n) is 16.0. The zero-order chi connectivity index (χ0) is 19.1. The maximum Gasteiger partial charge on any atom is 0.0945 e. The molecule has 4 aromatic rings. The third-order valence-electron chi connectivity index (χ3n) is 5.20. The molecule has 0 atom stereocenters. The second-order valence-electron chi connectivity index (χ2n) is 6.97. The molecule has 0 aliphatic rings. The summed E-state index contributed by atoms with van der Waals surface area (Å²) in [4.78, 5) is 4.73. The molecule has 0 N–H and O–H groups in total. The van der Waals surface area contributed by atoms with Gasteiger partial charge in [0.2, 0.25) is 0 Å². The summed E-state index contributed by atoms with van der Waals surface area (Å²) in [5, 5.41) is 2.39. The molecule has 4 rings (SSSR count). The van der Waals surface area contributed by atoms with E-state index in [0.717, 1.165) is 28.9 Å². The number of hydrogen-bond donors (Lipinski definition) is 0. The topological polar surface area (TPSA) is 17.8 Å². The van der Waals surface area contributed by atoms with Crippen LogP contribution >= 0.6 is 35.6 Å². The molecular formula is C23H21Cl3N2. The van der Waals surface area contributed by atoms with Crippen LogP contribution in [0.4, 0.5) is 0 Å². The predicted molar refractivity (Wildman–Crippen MR) is 122 cm³/mol. The molecule has 0 spiro atoms. The van der Waals surface area contributed by atoms with Gasteiger partial charge in [0.05, 0.1) is 21.3 Å². The van der Waals surface area contributed by atoms with Crippen LogP contribution in [-0.2, 0) is 6.54 Å². The van der Waals surface area contributed by atoms with Crippen molar-refractivity contribution in [2.24, 2.45) is 0 Å². The molecule has 0 saturated carbocycles. The molecule has 2 aromatic heterocycles. The van der Waals surface area contributed by atoms with Crippen molar-refractivity contribution in [3.05, 3.63) is 87.2 Å². The first-order valence-corrected chi connectivity index (χ1v) is 9.66. The Morgan fingerprint density at radius 2 is 1.61 bits per heavy atom. The minimum atomic E-state index is 0. The van der Waals surface area contributed by atoms with Crippen LogP contribution in [-0.4, -0.2) is 9.55 Å². The van der Waals surface area contributed by atoms with E-state index in [0.29, 0.717) is 10.0 Å². The van der Waals surface area contributed by atoms with Gasteiger partial charge in [0, 0.05) is 29.4 Å². The van der Waals surface area contributed by atoms with Gasteiger partial charge in [0.15, 0.2) is 0 Å². The molecule has 0 aliphatic heterocycles. The van der Waals surface area contributed by atoms with Gasteiger partial charge in [-0.15, -0.1) is 12.4 Å². The molecule has 2 nitrogen and oxygen atoms in total. The lowest BCUT2D eigenvalue weighted by molar-refractivity contribution is 0.800. The Morgan fingerprint density at radius 3 is 2.29 bits per heavy atom. The Hall–Kier alpha value is -2.00. The molecule has 144 valence electrons. The maximum absolute atomic E-state index is 6.23. The van der Waals surface area contributed by atoms with Crippen molar-refractivity contribution in [2.75, 3.05) is 0 Å². The van der Waals surface area contributed by atoms with Crippen LogP contribution < -0.4 is 0 Å². The number of aromatic nitrogens is 2. The first kappa shape index (κ1) is 20.7. The fourth-order valence-electron chi connectivity index (χ4n) is 3.54. The lowest BCUT2D eigenvalue weighted by atomic mass is 10.1. The van der Waals surface area contributed by atoms with Crippen LogP contribution in [0.5, 0.6) is 0 Å². The van der Waals surface area contributed by atoms with Crippen LogP contribution in [0.2, 0.25) is 10.0 Å². The average molecular weight is 432 g/mol. The predicted octanol–water partition coefficient (Wildman–Crippen LogP) is 7.41. The van der Waals surface area contributed by atoms with Gasteiger partial charge in [-0.05, 0) is 50.1 Å². The monoisotopic (exact) mass is 430 g/mol. The molecule has 5 heteroatoms. The van der Waals surface area contributed by atoms with Gasteiger partial charge in [-0.1, -0.05) is 59.1 Å². The number of rotatable bonds is 3. The van der Waals surface area contributed by atoms with E-state index in [-0.39, 0.29) is 12.4 Å². The lowest BCUT2D eigenvalue weighted by Crippen LogP contribution is -2.03. The standard InChI is InChI=1S/C23H20Cl2N2.ClH/c1-14-4-7-18(8-5-14)22-23-19(10-11-26-22)15(2)16(3)27(23)13-17-6-9-20(24)21(25)12-17;/h4-12H,13H2,1-3H3;1H. The fourth-order valence-corrected chi connectivity index (χ4v) is 3.86. The number of fused-ring (bicyclic) bond motifs is 1. The summed E-state index contributed by atoms with van der Waals surface area (Å²) in [6, 6.07) is 16.4. The molecule has 0 unspecified atom stereocenters. The average Bonchev–Trinajstić information content (AvgIpc) is 2.90. The maximum atomic E-state index is 6.23. The van der Waals surface area contributed by atoms with E-state index < -0.39 is 0 Å². The van der Waals surface area contributed by atoms with E-state index in [1.54, 1.807) is 0 Å². The minimum absolute atomic E-state index is 0. The largest absolute Gasteiger partial charge is 0.338 e. The Labute approximate surface area is 181 Å². The summed E-state index contributed by atoms with van der Waals surface area (Å²) < 4.78 is 2.33. The first-order valence-electron chi connectivity index (χ1n) is 8.91. The van der Waals surface area contributed by atoms with Gasteiger partial charge in [-0.2, -0.15) is 0 Å². The van der Waals surface area contributed by atoms with E-state index in [1.807, 2.05) is 24.4 Å². The van der Waals surface area contributed by atoms with Gasteiger partial charge in [-0.25, -0.2) is 0 Å². The summed E-state index contributed by atoms with van der Waals surface area (Å²) in [6.45, 7) is 7.14. The third-order valence-corrected chi connectivity index (χ3v) is 5.93. The Balaban J connectivity index is 0.00000225. The minimum Gasteiger partial charge on any atom is -0.338 e. The van der Waals surface area contributed by atoms with Crippen molar-refractivity contribution >= 4 is 46.5 Å². The van der Waals surface area contributed by atoms with E-state index >= 15 is 0 Å². The smallest absolute Gasteiger partial charge is 0.0945 e. The van der Waals surface area contributed by atoms with Crippen LogP contribution in [0, 0.1) is 20.8 Å². The van der Waals surface area contributed by atoms with Crippen molar-refractivity contribution in [1.82, 2.24) is 9.55 Å². The Kier molecular flexibility index (Phi) is 6.04. The molecule has 2 heterocycles. The van der Waals surface area contributed by atoms with Gasteiger partial charge < -0.3 is 4.57 Å². The van der Waals surface area contributed by atoms with Gasteiger partial charge >= 0.3 is 0 Å². The van der Waals surface area contributed by atoms with Crippen LogP contribution in [0.1, 0.15) is 22.4 Å². The van der Waals surface area contributed by atoms with Crippen molar-refractivity contribution in [3.63, 3.8) is 0 Å². The summed E-state index contributed by atoms with van der Waals surface area (Å²) in [5.41, 5.74) is 8.15. The number of benzene rings is 2. The summed E-state index contributed by atoms with van der Waals surface area (Å²) in [7, 11) is 0. The van der Waals surface area contributed by atoms with Gasteiger partial charge in [-0.3, -0.25) is 4.98 Å². The molecular weight excluding hydrogens is 411 g/mol. The van der Waals surface area contributed by atoms with E-state index in [9.17, 15) is 0 Å². The summed E-state index contributed by atoms with van der Waals surface area (Å²) in [6.07, 6.45) is 1.90. The highest BCUT2D eigenvalue weighted by molar-refractivity contribution is 6.42. The first-order chi connectivity index (χ1) is 13.0. The normalized spacial score (nSPS) is 10.9. The second-order valence-corrected chi connectivity index (χ2v) is 7.78. The number of nitrogens with zero attached hydrogens (tertiary/aromatic N) is 2. The lowest BCUT2D eigenvalue weighted by Gasteiger charge is -2.12. The zero-order valence-corrected chi connectivity index (χ0v) is 18.3. The molecule has 0 amide bonds. The number of hydrogen-bond acceptors (Lipinski definition) is 1. The molecule has 0 aliphatic carbocycles. The molecule has 2 aromatic carbocycles. The molecule has 0 saturated heterocycles. The Morgan fingerprint density at radius 1 is 0.893 bits per heavy atom. The molecule has 0 fully saturated rings. The highest BCUT2D eigenvalue weighted by Crippen LogP contribution is 2.33. The SMILES string of the molecule is Cc1ccc(-c2nccc3c(C)c(C)n(Cc4ccc(Cl)c(Cl)c4)c23)cc1.Cl. The Bertz CT molecular complexity index is 1140. The molecule has 0 bridgehead atoms. The van der Waals surface area contributed by atoms with Crippen molar-refractivity contribution < 1.29 is 0 Å². The van der Waals surface area contributed by atoms with E-state index in [4.69, 9.17) is 28.2 Å². The number of aryl methyl sites for hydroxylation is 2. The van der Waals surface area contributed by atoms with Crippen LogP contribution in [0.15, 0.2) is 54.7 Å². The highest BCUT2D eigenvalue weighted by atomic mass is 35.5. The van der Waals surface area contributed by atoms with Gasteiger partial charge in [0.25, 0.3) is 0 Å². The van der Waals surface area contributed by atoms with E-state index in [2.05, 4.69) is 55.7 Å². The van der Waals surface area contributed by atoms with Crippen molar-refractivity contribution in [1.29, 1.82) is 0 Å². The third kappa shape index (κ3) is 3.65. The van der Waals surface area contributed by atoms with Crippen LogP contribution in [0.3, 0.4) is 0 Å². The number of halogens is 3. The fraction of sp³-hybridized carbons (Fsp3) is 0.174. The molecule has 0 radical (unpaired) electrons. The summed E-state index contributed by atoms with van der Waals surface area (Å²) >= 11 is 12.3.